The SMILES string of the molecule is COC(=O)C(C)Nc1cc(Cl)c(F)cc1N. The number of hydrogen-bond donors (Lipinski definition) is 2. The highest BCUT2D eigenvalue weighted by atomic mass is 35.5. The maximum absolute atomic E-state index is 13.0. The highest BCUT2D eigenvalue weighted by Crippen LogP contribution is 2.26. The Morgan fingerprint density at radius 3 is 2.81 bits per heavy atom. The zero-order chi connectivity index (χ0) is 12.3. The maximum atomic E-state index is 13.0. The summed E-state index contributed by atoms with van der Waals surface area (Å²) < 4.78 is 17.5. The molecule has 0 saturated carbocycles. The molecule has 0 saturated heterocycles. The molecule has 6 heteroatoms. The fourth-order valence-corrected chi connectivity index (χ4v) is 1.32. The monoisotopic (exact) mass is 246 g/mol. The molecule has 4 nitrogen and oxygen atoms in total. The molecule has 0 aliphatic carbocycles. The summed E-state index contributed by atoms with van der Waals surface area (Å²) >= 11 is 5.60. The summed E-state index contributed by atoms with van der Waals surface area (Å²) in [6, 6.07) is 1.83. The Morgan fingerprint density at radius 2 is 2.25 bits per heavy atom. The molecular weight excluding hydrogens is 235 g/mol. The van der Waals surface area contributed by atoms with E-state index >= 15 is 0 Å². The summed E-state index contributed by atoms with van der Waals surface area (Å²) in [5.74, 6) is -1.05. The number of carbonyl (C=O) groups excluding carboxylic acids is 1. The first-order valence-corrected chi connectivity index (χ1v) is 4.92. The molecule has 0 aliphatic heterocycles. The van der Waals surface area contributed by atoms with Crippen LogP contribution < -0.4 is 11.1 Å². The minimum Gasteiger partial charge on any atom is -0.467 e. The van der Waals surface area contributed by atoms with E-state index < -0.39 is 17.8 Å². The van der Waals surface area contributed by atoms with E-state index in [-0.39, 0.29) is 10.7 Å². The number of ether oxygens (including phenoxy) is 1. The van der Waals surface area contributed by atoms with Gasteiger partial charge in [-0.1, -0.05) is 11.6 Å². The van der Waals surface area contributed by atoms with Gasteiger partial charge in [-0.05, 0) is 13.0 Å². The Kier molecular flexibility index (Phi) is 3.95. The molecule has 16 heavy (non-hydrogen) atoms. The Bertz CT molecular complexity index is 412. The number of hydrogen-bond acceptors (Lipinski definition) is 4. The summed E-state index contributed by atoms with van der Waals surface area (Å²) in [4.78, 5) is 11.1. The van der Waals surface area contributed by atoms with Crippen LogP contribution in [0, 0.1) is 5.82 Å². The van der Waals surface area contributed by atoms with Crippen LogP contribution in [0.1, 0.15) is 6.92 Å². The molecule has 1 rings (SSSR count). The molecule has 1 unspecified atom stereocenters. The number of nitrogen functional groups attached to an aromatic ring is 1. The second-order valence-electron chi connectivity index (χ2n) is 3.24. The number of esters is 1. The normalized spacial score (nSPS) is 12.0. The summed E-state index contributed by atoms with van der Waals surface area (Å²) in [5, 5.41) is 2.72. The highest BCUT2D eigenvalue weighted by Gasteiger charge is 2.15. The molecule has 1 atom stereocenters. The number of benzene rings is 1. The van der Waals surface area contributed by atoms with Crippen molar-refractivity contribution in [1.82, 2.24) is 0 Å². The van der Waals surface area contributed by atoms with Crippen molar-refractivity contribution in [3.63, 3.8) is 0 Å². The van der Waals surface area contributed by atoms with Crippen LogP contribution in [-0.4, -0.2) is 19.1 Å². The van der Waals surface area contributed by atoms with Gasteiger partial charge in [-0.25, -0.2) is 9.18 Å². The van der Waals surface area contributed by atoms with Crippen LogP contribution in [0.5, 0.6) is 0 Å². The van der Waals surface area contributed by atoms with Crippen LogP contribution >= 0.6 is 11.6 Å². The molecule has 0 aliphatic rings. The third-order valence-electron chi connectivity index (χ3n) is 2.02. The third kappa shape index (κ3) is 2.76. The quantitative estimate of drug-likeness (QED) is 0.633. The lowest BCUT2D eigenvalue weighted by molar-refractivity contribution is -0.141. The van der Waals surface area contributed by atoms with Crippen LogP contribution in [0.3, 0.4) is 0 Å². The van der Waals surface area contributed by atoms with Gasteiger partial charge in [0.25, 0.3) is 0 Å². The first-order chi connectivity index (χ1) is 7.45. The maximum Gasteiger partial charge on any atom is 0.327 e. The van der Waals surface area contributed by atoms with Gasteiger partial charge in [0.1, 0.15) is 11.9 Å². The number of carbonyl (C=O) groups is 1. The van der Waals surface area contributed by atoms with Gasteiger partial charge in [0.2, 0.25) is 0 Å². The minimum absolute atomic E-state index is 0.0613. The number of methoxy groups -OCH3 is 1. The molecule has 88 valence electrons. The van der Waals surface area contributed by atoms with Crippen molar-refractivity contribution in [2.24, 2.45) is 0 Å². The summed E-state index contributed by atoms with van der Waals surface area (Å²) in [5.41, 5.74) is 6.14. The van der Waals surface area contributed by atoms with Gasteiger partial charge < -0.3 is 15.8 Å². The van der Waals surface area contributed by atoms with E-state index in [1.807, 2.05) is 0 Å². The lowest BCUT2D eigenvalue weighted by atomic mass is 10.2. The highest BCUT2D eigenvalue weighted by molar-refractivity contribution is 6.31. The molecule has 1 aromatic carbocycles. The number of nitrogens with one attached hydrogen (secondary N) is 1. The van der Waals surface area contributed by atoms with Crippen LogP contribution in [0.2, 0.25) is 5.02 Å². The van der Waals surface area contributed by atoms with Crippen LogP contribution in [-0.2, 0) is 9.53 Å². The van der Waals surface area contributed by atoms with Crippen molar-refractivity contribution in [2.75, 3.05) is 18.2 Å². The predicted octanol–water partition coefficient (Wildman–Crippen LogP) is 2.03. The van der Waals surface area contributed by atoms with Crippen LogP contribution in [0.4, 0.5) is 15.8 Å². The molecule has 0 radical (unpaired) electrons. The fourth-order valence-electron chi connectivity index (χ4n) is 1.16. The second-order valence-corrected chi connectivity index (χ2v) is 3.65. The first kappa shape index (κ1) is 12.6. The summed E-state index contributed by atoms with van der Waals surface area (Å²) in [6.45, 7) is 1.60. The Hall–Kier alpha value is -1.49. The van der Waals surface area contributed by atoms with Gasteiger partial charge in [-0.3, -0.25) is 0 Å². The Labute approximate surface area is 97.5 Å². The largest absolute Gasteiger partial charge is 0.467 e. The lowest BCUT2D eigenvalue weighted by Crippen LogP contribution is -2.27. The average molecular weight is 247 g/mol. The van der Waals surface area contributed by atoms with Crippen molar-refractivity contribution in [2.45, 2.75) is 13.0 Å². The topological polar surface area (TPSA) is 64.3 Å². The zero-order valence-corrected chi connectivity index (χ0v) is 9.64. The van der Waals surface area contributed by atoms with E-state index in [1.165, 1.54) is 13.2 Å². The molecule has 0 amide bonds. The van der Waals surface area contributed by atoms with E-state index in [1.54, 1.807) is 6.92 Å². The zero-order valence-electron chi connectivity index (χ0n) is 8.88. The van der Waals surface area contributed by atoms with Crippen LogP contribution in [0.15, 0.2) is 12.1 Å². The van der Waals surface area contributed by atoms with Crippen molar-refractivity contribution in [3.05, 3.63) is 23.0 Å². The number of nitrogens with two attached hydrogens (primary N) is 1. The smallest absolute Gasteiger partial charge is 0.327 e. The second kappa shape index (κ2) is 5.03. The van der Waals surface area contributed by atoms with E-state index in [0.29, 0.717) is 5.69 Å². The number of halogens is 2. The molecule has 0 heterocycles. The van der Waals surface area contributed by atoms with E-state index in [0.717, 1.165) is 6.07 Å². The van der Waals surface area contributed by atoms with Gasteiger partial charge in [-0.15, -0.1) is 0 Å². The van der Waals surface area contributed by atoms with Crippen molar-refractivity contribution >= 4 is 28.9 Å². The Balaban J connectivity index is 2.89. The van der Waals surface area contributed by atoms with Crippen LogP contribution in [0.25, 0.3) is 0 Å². The van der Waals surface area contributed by atoms with E-state index in [9.17, 15) is 9.18 Å². The van der Waals surface area contributed by atoms with Crippen molar-refractivity contribution in [3.8, 4) is 0 Å². The number of rotatable bonds is 3. The standard InChI is InChI=1S/C10H12ClFN2O2/c1-5(10(15)16-2)14-9-3-6(11)7(12)4-8(9)13/h3-5,14H,13H2,1-2H3. The van der Waals surface area contributed by atoms with Gasteiger partial charge in [0, 0.05) is 6.07 Å². The van der Waals surface area contributed by atoms with Gasteiger partial charge in [0.05, 0.1) is 23.5 Å². The molecule has 1 aromatic rings. The molecule has 0 spiro atoms. The summed E-state index contributed by atoms with van der Waals surface area (Å²) in [7, 11) is 1.28. The molecular formula is C10H12ClFN2O2. The fraction of sp³-hybridized carbons (Fsp3) is 0.300. The molecule has 3 N–H and O–H groups in total. The van der Waals surface area contributed by atoms with Gasteiger partial charge >= 0.3 is 5.97 Å². The average Bonchev–Trinajstić information content (AvgIpc) is 2.24. The van der Waals surface area contributed by atoms with Crippen molar-refractivity contribution in [1.29, 1.82) is 0 Å². The van der Waals surface area contributed by atoms with E-state index in [2.05, 4.69) is 10.1 Å². The molecule has 0 bridgehead atoms. The number of anilines is 2. The Morgan fingerprint density at radius 1 is 1.62 bits per heavy atom. The summed E-state index contributed by atoms with van der Waals surface area (Å²) in [6.07, 6.45) is 0. The van der Waals surface area contributed by atoms with Gasteiger partial charge in [0.15, 0.2) is 0 Å². The van der Waals surface area contributed by atoms with Crippen molar-refractivity contribution < 1.29 is 13.9 Å². The molecule has 0 fully saturated rings. The van der Waals surface area contributed by atoms with Gasteiger partial charge in [-0.2, -0.15) is 0 Å². The lowest BCUT2D eigenvalue weighted by Gasteiger charge is -2.15. The first-order valence-electron chi connectivity index (χ1n) is 4.54. The predicted molar refractivity (Wildman–Crippen MR) is 60.9 cm³/mol. The molecule has 0 aromatic heterocycles. The van der Waals surface area contributed by atoms with E-state index in [4.69, 9.17) is 17.3 Å². The minimum atomic E-state index is -0.601. The third-order valence-corrected chi connectivity index (χ3v) is 2.31.